The Bertz CT molecular complexity index is 963. The zero-order chi connectivity index (χ0) is 17.1. The monoisotopic (exact) mass is 342 g/mol. The third-order valence-corrected chi connectivity index (χ3v) is 4.27. The van der Waals surface area contributed by atoms with E-state index in [1.807, 2.05) is 17.5 Å². The van der Waals surface area contributed by atoms with Crippen molar-refractivity contribution in [2.75, 3.05) is 0 Å². The van der Waals surface area contributed by atoms with E-state index in [1.54, 1.807) is 12.1 Å². The van der Waals surface area contributed by atoms with Gasteiger partial charge in [0.05, 0.1) is 17.9 Å². The summed E-state index contributed by atoms with van der Waals surface area (Å²) in [6, 6.07) is 9.94. The summed E-state index contributed by atoms with van der Waals surface area (Å²) in [5, 5.41) is 20.0. The van der Waals surface area contributed by atoms with Gasteiger partial charge < -0.3 is 15.2 Å². The molecule has 0 bridgehead atoms. The maximum atomic E-state index is 12.4. The Hall–Kier alpha value is -3.00. The zero-order valence-corrected chi connectivity index (χ0v) is 13.2. The van der Waals surface area contributed by atoms with Crippen molar-refractivity contribution in [1.82, 2.24) is 15.1 Å². The molecule has 1 aromatic carbocycles. The van der Waals surface area contributed by atoms with Crippen LogP contribution in [0.3, 0.4) is 0 Å². The molecule has 0 aliphatic heterocycles. The quantitative estimate of drug-likeness (QED) is 0.710. The van der Waals surface area contributed by atoms with E-state index < -0.39 is 17.4 Å². The minimum absolute atomic E-state index is 0.178. The van der Waals surface area contributed by atoms with E-state index in [1.165, 1.54) is 23.5 Å². The van der Waals surface area contributed by atoms with Crippen LogP contribution in [0, 0.1) is 0 Å². The van der Waals surface area contributed by atoms with Crippen LogP contribution in [0.4, 0.5) is 0 Å². The highest BCUT2D eigenvalue weighted by molar-refractivity contribution is 7.09. The molecule has 7 nitrogen and oxygen atoms in total. The van der Waals surface area contributed by atoms with Crippen molar-refractivity contribution in [3.8, 4) is 0 Å². The number of hydrogen-bond acceptors (Lipinski definition) is 6. The SMILES string of the molecule is O=C(Cn1nc(C(=O)[O-])c2ccccc2c1=O)NCc1cccs1. The maximum absolute atomic E-state index is 12.4. The van der Waals surface area contributed by atoms with Crippen LogP contribution in [0.15, 0.2) is 46.6 Å². The average Bonchev–Trinajstić information content (AvgIpc) is 3.09. The first-order valence-corrected chi connectivity index (χ1v) is 7.94. The van der Waals surface area contributed by atoms with Gasteiger partial charge in [-0.3, -0.25) is 9.59 Å². The molecular formula is C16H12N3O4S-. The molecule has 1 amide bonds. The molecule has 0 atom stereocenters. The number of aromatic carboxylic acids is 1. The first-order chi connectivity index (χ1) is 11.6. The molecule has 0 aliphatic carbocycles. The minimum atomic E-state index is -1.50. The second-order valence-corrected chi connectivity index (χ2v) is 6.03. The van der Waals surface area contributed by atoms with E-state index in [4.69, 9.17) is 0 Å². The fourth-order valence-corrected chi connectivity index (χ4v) is 2.93. The van der Waals surface area contributed by atoms with Crippen molar-refractivity contribution in [2.45, 2.75) is 13.1 Å². The summed E-state index contributed by atoms with van der Waals surface area (Å²) in [6.07, 6.45) is 0. The molecule has 8 heteroatoms. The topological polar surface area (TPSA) is 104 Å². The number of benzene rings is 1. The van der Waals surface area contributed by atoms with E-state index in [0.29, 0.717) is 6.54 Å². The molecule has 0 fully saturated rings. The molecule has 1 N–H and O–H groups in total. The fraction of sp³-hybridized carbons (Fsp3) is 0.125. The maximum Gasteiger partial charge on any atom is 0.275 e. The molecule has 24 heavy (non-hydrogen) atoms. The zero-order valence-electron chi connectivity index (χ0n) is 12.4. The van der Waals surface area contributed by atoms with Crippen LogP contribution in [0.1, 0.15) is 15.4 Å². The molecule has 0 saturated heterocycles. The van der Waals surface area contributed by atoms with Gasteiger partial charge in [-0.15, -0.1) is 11.3 Å². The number of carboxylic acids is 1. The standard InChI is InChI=1S/C16H13N3O4S/c20-13(17-8-10-4-3-7-24-10)9-19-15(21)12-6-2-1-5-11(12)14(18-19)16(22)23/h1-7H,8-9H2,(H,17,20)(H,22,23)/p-1. The average molecular weight is 342 g/mol. The highest BCUT2D eigenvalue weighted by atomic mass is 32.1. The molecule has 0 aliphatic rings. The highest BCUT2D eigenvalue weighted by Crippen LogP contribution is 2.12. The second-order valence-electron chi connectivity index (χ2n) is 5.00. The first-order valence-electron chi connectivity index (χ1n) is 7.06. The summed E-state index contributed by atoms with van der Waals surface area (Å²) in [7, 11) is 0. The van der Waals surface area contributed by atoms with Crippen LogP contribution < -0.4 is 16.0 Å². The van der Waals surface area contributed by atoms with Crippen molar-refractivity contribution in [3.05, 3.63) is 62.7 Å². The third-order valence-electron chi connectivity index (χ3n) is 3.39. The molecule has 0 saturated carbocycles. The molecule has 2 heterocycles. The Morgan fingerprint density at radius 2 is 1.92 bits per heavy atom. The van der Waals surface area contributed by atoms with Crippen LogP contribution in [0.25, 0.3) is 10.8 Å². The summed E-state index contributed by atoms with van der Waals surface area (Å²) >= 11 is 1.50. The van der Waals surface area contributed by atoms with E-state index in [2.05, 4.69) is 10.4 Å². The number of carbonyl (C=O) groups excluding carboxylic acids is 2. The van der Waals surface area contributed by atoms with Crippen LogP contribution in [-0.4, -0.2) is 21.7 Å². The van der Waals surface area contributed by atoms with Crippen molar-refractivity contribution >= 4 is 34.0 Å². The lowest BCUT2D eigenvalue weighted by atomic mass is 10.1. The molecule has 2 aromatic heterocycles. The van der Waals surface area contributed by atoms with Crippen LogP contribution >= 0.6 is 11.3 Å². The van der Waals surface area contributed by atoms with Gasteiger partial charge in [0.2, 0.25) is 5.91 Å². The summed E-state index contributed by atoms with van der Waals surface area (Å²) in [4.78, 5) is 36.6. The van der Waals surface area contributed by atoms with Crippen LogP contribution in [-0.2, 0) is 17.9 Å². The molecule has 0 unspecified atom stereocenters. The van der Waals surface area contributed by atoms with E-state index in [-0.39, 0.29) is 23.0 Å². The number of hydrogen-bond donors (Lipinski definition) is 1. The van der Waals surface area contributed by atoms with Crippen molar-refractivity contribution in [1.29, 1.82) is 0 Å². The van der Waals surface area contributed by atoms with Gasteiger partial charge in [-0.05, 0) is 17.5 Å². The smallest absolute Gasteiger partial charge is 0.275 e. The van der Waals surface area contributed by atoms with Gasteiger partial charge in [0.1, 0.15) is 12.2 Å². The molecule has 3 aromatic rings. The number of carbonyl (C=O) groups is 2. The predicted molar refractivity (Wildman–Crippen MR) is 86.5 cm³/mol. The number of rotatable bonds is 5. The van der Waals surface area contributed by atoms with Crippen molar-refractivity contribution in [3.63, 3.8) is 0 Å². The van der Waals surface area contributed by atoms with E-state index in [9.17, 15) is 19.5 Å². The van der Waals surface area contributed by atoms with Crippen LogP contribution in [0.5, 0.6) is 0 Å². The van der Waals surface area contributed by atoms with Gasteiger partial charge in [0, 0.05) is 10.3 Å². The highest BCUT2D eigenvalue weighted by Gasteiger charge is 2.13. The summed E-state index contributed by atoms with van der Waals surface area (Å²) in [6.45, 7) is -0.0263. The van der Waals surface area contributed by atoms with E-state index in [0.717, 1.165) is 9.56 Å². The Kier molecular flexibility index (Phi) is 4.39. The number of thiophene rings is 1. The summed E-state index contributed by atoms with van der Waals surface area (Å²) in [5.74, 6) is -1.93. The van der Waals surface area contributed by atoms with Gasteiger partial charge in [0.15, 0.2) is 0 Å². The molecular weight excluding hydrogens is 330 g/mol. The summed E-state index contributed by atoms with van der Waals surface area (Å²) < 4.78 is 0.844. The Morgan fingerprint density at radius 1 is 1.17 bits per heavy atom. The molecule has 122 valence electrons. The molecule has 0 radical (unpaired) electrons. The summed E-state index contributed by atoms with van der Waals surface area (Å²) in [5.41, 5.74) is -0.891. The van der Waals surface area contributed by atoms with Crippen molar-refractivity contribution in [2.24, 2.45) is 0 Å². The Morgan fingerprint density at radius 3 is 2.58 bits per heavy atom. The van der Waals surface area contributed by atoms with Gasteiger partial charge in [0.25, 0.3) is 5.56 Å². The third kappa shape index (κ3) is 3.18. The lowest BCUT2D eigenvalue weighted by Crippen LogP contribution is -2.36. The normalized spacial score (nSPS) is 10.7. The number of nitrogens with zero attached hydrogens (tertiary/aromatic N) is 2. The van der Waals surface area contributed by atoms with Crippen LogP contribution in [0.2, 0.25) is 0 Å². The predicted octanol–water partition coefficient (Wildman–Crippen LogP) is 0.138. The molecule has 0 spiro atoms. The van der Waals surface area contributed by atoms with Gasteiger partial charge in [-0.2, -0.15) is 5.10 Å². The number of fused-ring (bicyclic) bond motifs is 1. The number of amides is 1. The lowest BCUT2D eigenvalue weighted by Gasteiger charge is -2.11. The van der Waals surface area contributed by atoms with Crippen molar-refractivity contribution < 1.29 is 14.7 Å². The van der Waals surface area contributed by atoms with Gasteiger partial charge in [-0.1, -0.05) is 24.3 Å². The van der Waals surface area contributed by atoms with Gasteiger partial charge >= 0.3 is 0 Å². The first kappa shape index (κ1) is 15.9. The Labute approximate surface area is 140 Å². The minimum Gasteiger partial charge on any atom is -0.543 e. The molecule has 3 rings (SSSR count). The second kappa shape index (κ2) is 6.63. The largest absolute Gasteiger partial charge is 0.543 e. The Balaban J connectivity index is 1.89. The lowest BCUT2D eigenvalue weighted by molar-refractivity contribution is -0.255. The fourth-order valence-electron chi connectivity index (χ4n) is 2.28. The van der Waals surface area contributed by atoms with Gasteiger partial charge in [-0.25, -0.2) is 4.68 Å². The number of aromatic nitrogens is 2. The van der Waals surface area contributed by atoms with E-state index >= 15 is 0 Å². The number of carboxylic acid groups (broad SMARTS) is 1. The number of nitrogens with one attached hydrogen (secondary N) is 1.